The summed E-state index contributed by atoms with van der Waals surface area (Å²) in [7, 11) is 0. The summed E-state index contributed by atoms with van der Waals surface area (Å²) in [6.07, 6.45) is 3.85. The first-order valence-corrected chi connectivity index (χ1v) is 5.57. The van der Waals surface area contributed by atoms with Crippen LogP contribution in [0.15, 0.2) is 25.3 Å². The smallest absolute Gasteiger partial charge is 0.238 e. The predicted molar refractivity (Wildman–Crippen MR) is 67.6 cm³/mol. The zero-order valence-electron chi connectivity index (χ0n) is 10.4. The molecule has 0 radical (unpaired) electrons. The first kappa shape index (κ1) is 14.9. The van der Waals surface area contributed by atoms with Gasteiger partial charge in [-0.1, -0.05) is 12.2 Å². The highest BCUT2D eigenvalue weighted by molar-refractivity contribution is 5.76. The molecule has 0 aromatic heterocycles. The van der Waals surface area contributed by atoms with E-state index in [2.05, 4.69) is 13.2 Å². The minimum atomic E-state index is 0.0259. The molecule has 0 saturated carbocycles. The summed E-state index contributed by atoms with van der Waals surface area (Å²) in [5.41, 5.74) is 5.40. The third-order valence-electron chi connectivity index (χ3n) is 2.17. The number of rotatable bonds is 8. The Balaban J connectivity index is 4.74. The molecular formula is C12H23N3O. The van der Waals surface area contributed by atoms with E-state index in [0.717, 1.165) is 0 Å². The van der Waals surface area contributed by atoms with Gasteiger partial charge in [-0.25, -0.2) is 5.01 Å². The second kappa shape index (κ2) is 8.07. The summed E-state index contributed by atoms with van der Waals surface area (Å²) in [5, 5.41) is 3.65. The average Bonchev–Trinajstić information content (AvgIpc) is 2.23. The number of hydrogen-bond donors (Lipinski definition) is 1. The van der Waals surface area contributed by atoms with Crippen molar-refractivity contribution in [2.45, 2.75) is 26.3 Å². The predicted octanol–water partition coefficient (Wildman–Crippen LogP) is 1.16. The molecule has 0 aliphatic rings. The van der Waals surface area contributed by atoms with E-state index in [4.69, 9.17) is 5.73 Å². The van der Waals surface area contributed by atoms with E-state index in [9.17, 15) is 4.79 Å². The van der Waals surface area contributed by atoms with Crippen molar-refractivity contribution in [1.82, 2.24) is 10.0 Å². The normalized spacial score (nSPS) is 10.6. The van der Waals surface area contributed by atoms with Gasteiger partial charge in [-0.05, 0) is 13.8 Å². The van der Waals surface area contributed by atoms with Gasteiger partial charge < -0.3 is 5.73 Å². The van der Waals surface area contributed by atoms with Gasteiger partial charge in [0.1, 0.15) is 0 Å². The lowest BCUT2D eigenvalue weighted by Crippen LogP contribution is -2.50. The van der Waals surface area contributed by atoms with Crippen LogP contribution in [0.1, 0.15) is 20.3 Å². The summed E-state index contributed by atoms with van der Waals surface area (Å²) >= 11 is 0. The summed E-state index contributed by atoms with van der Waals surface area (Å²) in [4.78, 5) is 11.9. The minimum Gasteiger partial charge on any atom is -0.330 e. The van der Waals surface area contributed by atoms with E-state index in [1.165, 1.54) is 0 Å². The molecule has 0 spiro atoms. The van der Waals surface area contributed by atoms with Crippen LogP contribution in [0, 0.1) is 0 Å². The highest BCUT2D eigenvalue weighted by Gasteiger charge is 2.20. The highest BCUT2D eigenvalue weighted by atomic mass is 16.2. The van der Waals surface area contributed by atoms with Crippen LogP contribution in [0.25, 0.3) is 0 Å². The van der Waals surface area contributed by atoms with E-state index in [0.29, 0.717) is 26.1 Å². The van der Waals surface area contributed by atoms with Gasteiger partial charge in [0.25, 0.3) is 0 Å². The highest BCUT2D eigenvalue weighted by Crippen LogP contribution is 2.07. The Morgan fingerprint density at radius 3 is 2.25 bits per heavy atom. The number of amides is 1. The van der Waals surface area contributed by atoms with E-state index in [1.54, 1.807) is 17.2 Å². The quantitative estimate of drug-likeness (QED) is 0.498. The van der Waals surface area contributed by atoms with Crippen molar-refractivity contribution >= 4 is 5.91 Å². The van der Waals surface area contributed by atoms with Crippen LogP contribution < -0.4 is 5.73 Å². The molecule has 0 aromatic rings. The molecule has 0 rings (SSSR count). The Hall–Kier alpha value is -1.13. The van der Waals surface area contributed by atoms with Crippen molar-refractivity contribution in [1.29, 1.82) is 0 Å². The van der Waals surface area contributed by atoms with Gasteiger partial charge in [0, 0.05) is 25.6 Å². The fourth-order valence-electron chi connectivity index (χ4n) is 1.45. The maximum absolute atomic E-state index is 11.9. The molecule has 0 aromatic carbocycles. The zero-order chi connectivity index (χ0) is 12.6. The van der Waals surface area contributed by atoms with E-state index < -0.39 is 0 Å². The average molecular weight is 225 g/mol. The van der Waals surface area contributed by atoms with E-state index in [1.807, 2.05) is 18.9 Å². The monoisotopic (exact) mass is 225 g/mol. The Labute approximate surface area is 98.4 Å². The molecule has 0 unspecified atom stereocenters. The van der Waals surface area contributed by atoms with Gasteiger partial charge in [-0.2, -0.15) is 0 Å². The molecule has 0 heterocycles. The van der Waals surface area contributed by atoms with Gasteiger partial charge in [0.2, 0.25) is 5.91 Å². The maximum atomic E-state index is 11.9. The third kappa shape index (κ3) is 4.59. The molecule has 0 aliphatic carbocycles. The van der Waals surface area contributed by atoms with Gasteiger partial charge in [0.15, 0.2) is 0 Å². The van der Waals surface area contributed by atoms with Crippen LogP contribution in [0.5, 0.6) is 0 Å². The lowest BCUT2D eigenvalue weighted by atomic mass is 10.3. The molecule has 0 atom stereocenters. The minimum absolute atomic E-state index is 0.0259. The summed E-state index contributed by atoms with van der Waals surface area (Å²) < 4.78 is 0. The molecule has 4 nitrogen and oxygen atoms in total. The van der Waals surface area contributed by atoms with Crippen molar-refractivity contribution < 1.29 is 4.79 Å². The molecule has 92 valence electrons. The van der Waals surface area contributed by atoms with Crippen molar-refractivity contribution in [3.05, 3.63) is 25.3 Å². The van der Waals surface area contributed by atoms with Crippen LogP contribution in [-0.4, -0.2) is 41.6 Å². The number of carbonyl (C=O) groups excluding carboxylic acids is 1. The molecule has 0 saturated heterocycles. The Bertz CT molecular complexity index is 238. The number of nitrogens with zero attached hydrogens (tertiary/aromatic N) is 2. The van der Waals surface area contributed by atoms with E-state index in [-0.39, 0.29) is 11.9 Å². The van der Waals surface area contributed by atoms with Crippen molar-refractivity contribution in [2.24, 2.45) is 5.73 Å². The number of hydrogen-bond acceptors (Lipinski definition) is 3. The number of hydrazine groups is 1. The topological polar surface area (TPSA) is 49.6 Å². The summed E-state index contributed by atoms with van der Waals surface area (Å²) in [6.45, 7) is 13.0. The molecule has 0 aliphatic heterocycles. The first-order chi connectivity index (χ1) is 7.58. The Morgan fingerprint density at radius 1 is 1.31 bits per heavy atom. The molecule has 0 fully saturated rings. The number of nitrogens with two attached hydrogens (primary N) is 1. The maximum Gasteiger partial charge on any atom is 0.238 e. The molecular weight excluding hydrogens is 202 g/mol. The molecule has 4 heteroatoms. The van der Waals surface area contributed by atoms with Crippen molar-refractivity contribution in [2.75, 3.05) is 19.6 Å². The lowest BCUT2D eigenvalue weighted by molar-refractivity contribution is -0.149. The molecule has 0 bridgehead atoms. The first-order valence-electron chi connectivity index (χ1n) is 5.57. The van der Waals surface area contributed by atoms with Crippen LogP contribution in [0.3, 0.4) is 0 Å². The largest absolute Gasteiger partial charge is 0.330 e. The Kier molecular flexibility index (Phi) is 7.50. The van der Waals surface area contributed by atoms with Crippen LogP contribution in [0.2, 0.25) is 0 Å². The van der Waals surface area contributed by atoms with Crippen molar-refractivity contribution in [3.8, 4) is 0 Å². The number of carbonyl (C=O) groups is 1. The van der Waals surface area contributed by atoms with Crippen LogP contribution in [0.4, 0.5) is 0 Å². The second-order valence-electron chi connectivity index (χ2n) is 3.81. The van der Waals surface area contributed by atoms with Gasteiger partial charge in [-0.3, -0.25) is 9.80 Å². The summed E-state index contributed by atoms with van der Waals surface area (Å²) in [5.74, 6) is 0.0259. The lowest BCUT2D eigenvalue weighted by Gasteiger charge is -2.36. The van der Waals surface area contributed by atoms with Crippen molar-refractivity contribution in [3.63, 3.8) is 0 Å². The fourth-order valence-corrected chi connectivity index (χ4v) is 1.45. The Morgan fingerprint density at radius 2 is 1.88 bits per heavy atom. The van der Waals surface area contributed by atoms with Crippen LogP contribution >= 0.6 is 0 Å². The van der Waals surface area contributed by atoms with Gasteiger partial charge >= 0.3 is 0 Å². The van der Waals surface area contributed by atoms with Crippen LogP contribution in [-0.2, 0) is 4.79 Å². The standard InChI is InChI=1S/C12H23N3O/c1-5-9-14(11(3)4)15(10-6-2)12(16)7-8-13/h5-6,11H,1-2,7-10,13H2,3-4H3. The molecule has 1 amide bonds. The summed E-state index contributed by atoms with van der Waals surface area (Å²) in [6, 6.07) is 0.236. The fraction of sp³-hybridized carbons (Fsp3) is 0.583. The third-order valence-corrected chi connectivity index (χ3v) is 2.17. The zero-order valence-corrected chi connectivity index (χ0v) is 10.4. The van der Waals surface area contributed by atoms with E-state index >= 15 is 0 Å². The molecule has 2 N–H and O–H groups in total. The second-order valence-corrected chi connectivity index (χ2v) is 3.81. The van der Waals surface area contributed by atoms with Gasteiger partial charge in [-0.15, -0.1) is 13.2 Å². The van der Waals surface area contributed by atoms with Gasteiger partial charge in [0.05, 0.1) is 6.54 Å². The molecule has 16 heavy (non-hydrogen) atoms. The SMILES string of the molecule is C=CCN(C(=O)CCN)N(CC=C)C(C)C.